The number of nitrogens with one attached hydrogen (secondary N) is 1. The molecule has 3 rings (SSSR count). The minimum atomic E-state index is -0.150. The molecule has 1 aliphatic carbocycles. The van der Waals surface area contributed by atoms with Crippen molar-refractivity contribution in [3.63, 3.8) is 0 Å². The Hall–Kier alpha value is -1.48. The lowest BCUT2D eigenvalue weighted by Gasteiger charge is -2.23. The van der Waals surface area contributed by atoms with Gasteiger partial charge in [-0.25, -0.2) is 0 Å². The molecule has 2 aromatic rings. The first-order valence-electron chi connectivity index (χ1n) is 6.77. The summed E-state index contributed by atoms with van der Waals surface area (Å²) in [6.45, 7) is 2.69. The monoisotopic (exact) mass is 244 g/mol. The van der Waals surface area contributed by atoms with Crippen LogP contribution in [0.1, 0.15) is 38.2 Å². The third-order valence-electron chi connectivity index (χ3n) is 4.01. The zero-order valence-corrected chi connectivity index (χ0v) is 10.8. The maximum atomic E-state index is 6.55. The predicted molar refractivity (Wildman–Crippen MR) is 73.8 cm³/mol. The molecule has 0 atom stereocenters. The number of fused-ring (bicyclic) bond motifs is 1. The summed E-state index contributed by atoms with van der Waals surface area (Å²) in [7, 11) is 0. The van der Waals surface area contributed by atoms with E-state index >= 15 is 0 Å². The SMILES string of the molecule is CCOc1cccc2c(C3(N)CCCC3)c[nH]c12. The molecule has 1 aromatic carbocycles. The van der Waals surface area contributed by atoms with E-state index in [1.54, 1.807) is 0 Å². The van der Waals surface area contributed by atoms with E-state index in [0.29, 0.717) is 6.61 Å². The summed E-state index contributed by atoms with van der Waals surface area (Å²) in [6.07, 6.45) is 6.69. The molecular formula is C15H20N2O. The van der Waals surface area contributed by atoms with E-state index in [4.69, 9.17) is 10.5 Å². The third kappa shape index (κ3) is 1.70. The highest BCUT2D eigenvalue weighted by Gasteiger charge is 2.33. The third-order valence-corrected chi connectivity index (χ3v) is 4.01. The fourth-order valence-electron chi connectivity index (χ4n) is 3.09. The minimum Gasteiger partial charge on any atom is -0.492 e. The van der Waals surface area contributed by atoms with Crippen LogP contribution in [0.15, 0.2) is 24.4 Å². The molecule has 18 heavy (non-hydrogen) atoms. The second-order valence-corrected chi connectivity index (χ2v) is 5.18. The molecule has 96 valence electrons. The molecule has 3 nitrogen and oxygen atoms in total. The first-order valence-corrected chi connectivity index (χ1v) is 6.77. The molecule has 1 fully saturated rings. The highest BCUT2D eigenvalue weighted by molar-refractivity contribution is 5.89. The van der Waals surface area contributed by atoms with Gasteiger partial charge in [-0.3, -0.25) is 0 Å². The van der Waals surface area contributed by atoms with Crippen LogP contribution in [0.25, 0.3) is 10.9 Å². The second-order valence-electron chi connectivity index (χ2n) is 5.18. The molecule has 1 aliphatic rings. The first-order chi connectivity index (χ1) is 8.74. The smallest absolute Gasteiger partial charge is 0.143 e. The summed E-state index contributed by atoms with van der Waals surface area (Å²) in [6, 6.07) is 6.18. The number of hydrogen-bond acceptors (Lipinski definition) is 2. The van der Waals surface area contributed by atoms with Crippen molar-refractivity contribution in [1.29, 1.82) is 0 Å². The molecule has 0 saturated heterocycles. The zero-order valence-electron chi connectivity index (χ0n) is 10.8. The maximum absolute atomic E-state index is 6.55. The molecule has 0 radical (unpaired) electrons. The molecule has 0 aliphatic heterocycles. The lowest BCUT2D eigenvalue weighted by Crippen LogP contribution is -2.32. The van der Waals surface area contributed by atoms with Crippen molar-refractivity contribution in [2.75, 3.05) is 6.61 Å². The molecule has 0 spiro atoms. The van der Waals surface area contributed by atoms with Crippen molar-refractivity contribution >= 4 is 10.9 Å². The van der Waals surface area contributed by atoms with Crippen LogP contribution in [0.3, 0.4) is 0 Å². The van der Waals surface area contributed by atoms with Crippen LogP contribution in [0.2, 0.25) is 0 Å². The molecule has 3 heteroatoms. The molecule has 0 bridgehead atoms. The Morgan fingerprint density at radius 3 is 2.83 bits per heavy atom. The Kier molecular flexibility index (Phi) is 2.78. The fraction of sp³-hybridized carbons (Fsp3) is 0.467. The lowest BCUT2D eigenvalue weighted by atomic mass is 9.89. The largest absolute Gasteiger partial charge is 0.492 e. The van der Waals surface area contributed by atoms with E-state index in [2.05, 4.69) is 17.2 Å². The van der Waals surface area contributed by atoms with Gasteiger partial charge in [0.1, 0.15) is 5.75 Å². The Balaban J connectivity index is 2.12. The highest BCUT2D eigenvalue weighted by atomic mass is 16.5. The number of hydrogen-bond donors (Lipinski definition) is 2. The van der Waals surface area contributed by atoms with Gasteiger partial charge in [0.15, 0.2) is 0 Å². The van der Waals surface area contributed by atoms with Crippen LogP contribution in [0.5, 0.6) is 5.75 Å². The molecule has 0 amide bonds. The van der Waals surface area contributed by atoms with Crippen LogP contribution in [-0.2, 0) is 5.54 Å². The van der Waals surface area contributed by atoms with Crippen molar-refractivity contribution in [2.24, 2.45) is 5.73 Å². The molecular weight excluding hydrogens is 224 g/mol. The van der Waals surface area contributed by atoms with Gasteiger partial charge in [0.2, 0.25) is 0 Å². The number of para-hydroxylation sites is 1. The zero-order chi connectivity index (χ0) is 12.6. The van der Waals surface area contributed by atoms with Gasteiger partial charge in [0, 0.05) is 17.1 Å². The molecule has 1 saturated carbocycles. The Labute approximate surface area is 107 Å². The van der Waals surface area contributed by atoms with Gasteiger partial charge in [-0.15, -0.1) is 0 Å². The number of aromatic amines is 1. The summed E-state index contributed by atoms with van der Waals surface area (Å²) in [5, 5.41) is 1.21. The molecule has 1 aromatic heterocycles. The Bertz CT molecular complexity index is 553. The van der Waals surface area contributed by atoms with Gasteiger partial charge in [-0.05, 0) is 31.4 Å². The maximum Gasteiger partial charge on any atom is 0.143 e. The average molecular weight is 244 g/mol. The number of ether oxygens (including phenoxy) is 1. The van der Waals surface area contributed by atoms with E-state index in [0.717, 1.165) is 24.1 Å². The number of rotatable bonds is 3. The fourth-order valence-corrected chi connectivity index (χ4v) is 3.09. The van der Waals surface area contributed by atoms with E-state index < -0.39 is 0 Å². The van der Waals surface area contributed by atoms with Gasteiger partial charge in [-0.2, -0.15) is 0 Å². The van der Waals surface area contributed by atoms with Crippen LogP contribution in [0, 0.1) is 0 Å². The second kappa shape index (κ2) is 4.32. The molecule has 1 heterocycles. The summed E-state index contributed by atoms with van der Waals surface area (Å²) in [4.78, 5) is 3.34. The van der Waals surface area contributed by atoms with Gasteiger partial charge in [-0.1, -0.05) is 25.0 Å². The van der Waals surface area contributed by atoms with Crippen LogP contribution < -0.4 is 10.5 Å². The summed E-state index contributed by atoms with van der Waals surface area (Å²) in [5.41, 5.74) is 8.73. The van der Waals surface area contributed by atoms with Crippen molar-refractivity contribution in [3.05, 3.63) is 30.0 Å². The van der Waals surface area contributed by atoms with E-state index in [1.165, 1.54) is 23.8 Å². The Morgan fingerprint density at radius 2 is 2.11 bits per heavy atom. The topological polar surface area (TPSA) is 51.0 Å². The van der Waals surface area contributed by atoms with E-state index in [-0.39, 0.29) is 5.54 Å². The van der Waals surface area contributed by atoms with Crippen LogP contribution in [-0.4, -0.2) is 11.6 Å². The molecule has 0 unspecified atom stereocenters. The van der Waals surface area contributed by atoms with Gasteiger partial charge in [0.25, 0.3) is 0 Å². The predicted octanol–water partition coefficient (Wildman–Crippen LogP) is 3.29. The van der Waals surface area contributed by atoms with E-state index in [1.807, 2.05) is 19.1 Å². The minimum absolute atomic E-state index is 0.150. The number of benzene rings is 1. The van der Waals surface area contributed by atoms with Gasteiger partial charge in [0.05, 0.1) is 12.1 Å². The van der Waals surface area contributed by atoms with Crippen molar-refractivity contribution < 1.29 is 4.74 Å². The highest BCUT2D eigenvalue weighted by Crippen LogP contribution is 2.40. The number of nitrogens with two attached hydrogens (primary N) is 1. The normalized spacial score (nSPS) is 18.3. The van der Waals surface area contributed by atoms with Crippen LogP contribution >= 0.6 is 0 Å². The van der Waals surface area contributed by atoms with Crippen molar-refractivity contribution in [1.82, 2.24) is 4.98 Å². The first kappa shape index (κ1) is 11.6. The summed E-state index contributed by atoms with van der Waals surface area (Å²) < 4.78 is 5.66. The van der Waals surface area contributed by atoms with Crippen molar-refractivity contribution in [3.8, 4) is 5.75 Å². The van der Waals surface area contributed by atoms with Crippen molar-refractivity contribution in [2.45, 2.75) is 38.1 Å². The van der Waals surface area contributed by atoms with E-state index in [9.17, 15) is 0 Å². The number of H-pyrrole nitrogens is 1. The van der Waals surface area contributed by atoms with Gasteiger partial charge >= 0.3 is 0 Å². The van der Waals surface area contributed by atoms with Gasteiger partial charge < -0.3 is 15.5 Å². The summed E-state index contributed by atoms with van der Waals surface area (Å²) in [5.74, 6) is 0.919. The quantitative estimate of drug-likeness (QED) is 0.870. The van der Waals surface area contributed by atoms with Crippen LogP contribution in [0.4, 0.5) is 0 Å². The summed E-state index contributed by atoms with van der Waals surface area (Å²) >= 11 is 0. The lowest BCUT2D eigenvalue weighted by molar-refractivity contribution is 0.343. The number of aromatic nitrogens is 1. The molecule has 3 N–H and O–H groups in total. The Morgan fingerprint density at radius 1 is 1.33 bits per heavy atom. The standard InChI is InChI=1S/C15H20N2O/c1-2-18-13-7-5-6-11-12(10-17-14(11)13)15(16)8-3-4-9-15/h5-7,10,17H,2-4,8-9,16H2,1H3. The average Bonchev–Trinajstić information content (AvgIpc) is 2.97.